The number of likely N-dealkylation sites (tertiary alicyclic amines) is 1. The summed E-state index contributed by atoms with van der Waals surface area (Å²) in [5.41, 5.74) is 0.0908. The van der Waals surface area contributed by atoms with Gasteiger partial charge in [-0.1, -0.05) is 94.8 Å². The summed E-state index contributed by atoms with van der Waals surface area (Å²) >= 11 is 3.33. The quantitative estimate of drug-likeness (QED) is 0.143. The van der Waals surface area contributed by atoms with Crippen molar-refractivity contribution in [1.29, 1.82) is 0 Å². The van der Waals surface area contributed by atoms with Gasteiger partial charge in [-0.15, -0.1) is 23.5 Å². The number of Topliss-reactive ketones (excluding diaryl/α,β-unsaturated/α-hetero) is 1. The van der Waals surface area contributed by atoms with Crippen LogP contribution in [0, 0.1) is 5.41 Å². The number of benzene rings is 2. The lowest BCUT2D eigenvalue weighted by Gasteiger charge is -2.37. The van der Waals surface area contributed by atoms with Crippen LogP contribution >= 0.6 is 23.5 Å². The van der Waals surface area contributed by atoms with E-state index in [-0.39, 0.29) is 19.4 Å². The van der Waals surface area contributed by atoms with Gasteiger partial charge in [-0.25, -0.2) is 0 Å². The van der Waals surface area contributed by atoms with E-state index in [1.165, 1.54) is 16.7 Å². The molecule has 0 radical (unpaired) electrons. The zero-order valence-corrected chi connectivity index (χ0v) is 36.3. The number of carbonyl (C=O) groups excluding carboxylic acids is 8. The Hall–Kier alpha value is -4.90. The number of thioether (sulfide) groups is 2. The molecule has 2 saturated heterocycles. The van der Waals surface area contributed by atoms with Gasteiger partial charge >= 0.3 is 5.97 Å². The Kier molecular flexibility index (Phi) is 16.6. The third-order valence-electron chi connectivity index (χ3n) is 9.89. The van der Waals surface area contributed by atoms with Crippen LogP contribution in [-0.2, 0) is 43.1 Å². The Bertz CT molecular complexity index is 1850. The highest BCUT2D eigenvalue weighted by Crippen LogP contribution is 2.50. The van der Waals surface area contributed by atoms with E-state index >= 15 is 0 Å². The van der Waals surface area contributed by atoms with Gasteiger partial charge in [-0.2, -0.15) is 0 Å². The van der Waals surface area contributed by atoms with E-state index in [1.54, 1.807) is 126 Å². The van der Waals surface area contributed by atoms with Gasteiger partial charge in [0, 0.05) is 39.5 Å². The number of hydrogen-bond donors (Lipinski definition) is 4. The minimum atomic E-state index is -1.33. The SMILES string of the molecule is CCCC(NC(=O)[C@@H]1CC2(CN1C(=O)[C@@H](NC(=O)C(OC(C)=O)c1ccccc1)C(C)(C)C)SCCCS2)C(=O)C(=O)NCC(=O)NC(C(=O)N(C)C)c1ccccc1. The first-order valence-electron chi connectivity index (χ1n) is 19.7. The van der Waals surface area contributed by atoms with Gasteiger partial charge in [0.2, 0.25) is 35.5 Å². The maximum atomic E-state index is 14.7. The van der Waals surface area contributed by atoms with E-state index in [9.17, 15) is 38.4 Å². The molecule has 5 atom stereocenters. The molecular formula is C42H56N6O9S2. The van der Waals surface area contributed by atoms with E-state index in [0.29, 0.717) is 17.5 Å². The van der Waals surface area contributed by atoms with Crippen molar-refractivity contribution in [1.82, 2.24) is 31.1 Å². The highest BCUT2D eigenvalue weighted by molar-refractivity contribution is 8.18. The van der Waals surface area contributed by atoms with Crippen LogP contribution in [0.4, 0.5) is 0 Å². The normalized spacial score (nSPS) is 18.0. The van der Waals surface area contributed by atoms with E-state index in [2.05, 4.69) is 21.3 Å². The Morgan fingerprint density at radius 3 is 2.02 bits per heavy atom. The number of amides is 6. The molecule has 0 saturated carbocycles. The summed E-state index contributed by atoms with van der Waals surface area (Å²) in [6.45, 7) is 7.90. The molecule has 2 aromatic rings. The van der Waals surface area contributed by atoms with Crippen molar-refractivity contribution in [3.05, 3.63) is 71.8 Å². The van der Waals surface area contributed by atoms with Gasteiger partial charge in [0.25, 0.3) is 11.8 Å². The summed E-state index contributed by atoms with van der Waals surface area (Å²) in [4.78, 5) is 110. The van der Waals surface area contributed by atoms with Crippen molar-refractivity contribution in [3.8, 4) is 0 Å². The molecular weight excluding hydrogens is 797 g/mol. The molecule has 17 heteroatoms. The lowest BCUT2D eigenvalue weighted by atomic mass is 9.85. The standard InChI is InChI=1S/C42H56N6O9S2/c1-8-16-29(33(51)37(53)43-24-31(50)45-32(39(55)47(6)7)27-17-11-9-12-18-27)44-36(52)30-23-42(58-21-15-22-59-42)25-48(30)40(56)35(41(3,4)5)46-38(54)34(57-26(2)49)28-19-13-10-14-20-28/h9-14,17-20,29-30,32,34-35H,8,15-16,21-25H2,1-7H3,(H,43,53)(H,44,52)(H,45,50)(H,46,54)/t29?,30-,32?,34?,35+/m0/s1. The molecule has 0 aromatic heterocycles. The van der Waals surface area contributed by atoms with Gasteiger partial charge in [0.1, 0.15) is 18.1 Å². The molecule has 2 aliphatic heterocycles. The van der Waals surface area contributed by atoms with Crippen LogP contribution in [-0.4, -0.2) is 118 Å². The van der Waals surface area contributed by atoms with Crippen molar-refractivity contribution in [2.45, 2.75) is 94.7 Å². The number of rotatable bonds is 16. The Morgan fingerprint density at radius 2 is 1.47 bits per heavy atom. The molecule has 6 amide bonds. The summed E-state index contributed by atoms with van der Waals surface area (Å²) in [6.07, 6.45) is 0.410. The van der Waals surface area contributed by atoms with Crippen LogP contribution in [0.1, 0.15) is 83.6 Å². The van der Waals surface area contributed by atoms with Crippen LogP contribution in [0.25, 0.3) is 0 Å². The number of nitrogens with one attached hydrogen (secondary N) is 4. The van der Waals surface area contributed by atoms with Crippen molar-refractivity contribution in [2.24, 2.45) is 5.41 Å². The summed E-state index contributed by atoms with van der Waals surface area (Å²) in [5, 5.41) is 10.5. The average molecular weight is 853 g/mol. The minimum Gasteiger partial charge on any atom is -0.447 e. The maximum absolute atomic E-state index is 14.7. The second kappa shape index (κ2) is 20.9. The number of nitrogens with zero attached hydrogens (tertiary/aromatic N) is 2. The van der Waals surface area contributed by atoms with Crippen molar-refractivity contribution < 1.29 is 43.1 Å². The zero-order chi connectivity index (χ0) is 43.5. The predicted molar refractivity (Wildman–Crippen MR) is 226 cm³/mol. The minimum absolute atomic E-state index is 0.102. The lowest BCUT2D eigenvalue weighted by molar-refractivity contribution is -0.156. The summed E-state index contributed by atoms with van der Waals surface area (Å²) in [6, 6.07) is 12.5. The largest absolute Gasteiger partial charge is 0.447 e. The molecule has 3 unspecified atom stereocenters. The van der Waals surface area contributed by atoms with Crippen LogP contribution in [0.3, 0.4) is 0 Å². The molecule has 320 valence electrons. The highest BCUT2D eigenvalue weighted by Gasteiger charge is 2.53. The van der Waals surface area contributed by atoms with Gasteiger partial charge < -0.3 is 35.8 Å². The molecule has 15 nitrogen and oxygen atoms in total. The third-order valence-corrected chi connectivity index (χ3v) is 13.2. The molecule has 59 heavy (non-hydrogen) atoms. The smallest absolute Gasteiger partial charge is 0.303 e. The van der Waals surface area contributed by atoms with Gasteiger partial charge in [0.05, 0.1) is 16.7 Å². The molecule has 2 aliphatic rings. The van der Waals surface area contributed by atoms with E-state index in [0.717, 1.165) is 17.9 Å². The highest BCUT2D eigenvalue weighted by atomic mass is 32.2. The Morgan fingerprint density at radius 1 is 0.881 bits per heavy atom. The van der Waals surface area contributed by atoms with Crippen LogP contribution in [0.2, 0.25) is 0 Å². The number of likely N-dealkylation sites (N-methyl/N-ethyl adjacent to an activating group) is 1. The number of hydrogen-bond acceptors (Lipinski definition) is 11. The fraction of sp³-hybridized carbons (Fsp3) is 0.524. The van der Waals surface area contributed by atoms with Crippen molar-refractivity contribution in [3.63, 3.8) is 0 Å². The number of ether oxygens (including phenoxy) is 1. The molecule has 2 fully saturated rings. The summed E-state index contributed by atoms with van der Waals surface area (Å²) in [5.74, 6) is -4.06. The zero-order valence-electron chi connectivity index (χ0n) is 34.7. The molecule has 2 heterocycles. The fourth-order valence-electron chi connectivity index (χ4n) is 6.86. The number of ketones is 1. The molecule has 0 aliphatic carbocycles. The maximum Gasteiger partial charge on any atom is 0.303 e. The van der Waals surface area contributed by atoms with Gasteiger partial charge in [0.15, 0.2) is 0 Å². The van der Waals surface area contributed by atoms with Gasteiger partial charge in [-0.3, -0.25) is 38.4 Å². The van der Waals surface area contributed by atoms with Crippen molar-refractivity contribution >= 4 is 70.7 Å². The van der Waals surface area contributed by atoms with Crippen LogP contribution in [0.5, 0.6) is 0 Å². The van der Waals surface area contributed by atoms with E-state index in [1.807, 2.05) is 0 Å². The van der Waals surface area contributed by atoms with Crippen molar-refractivity contribution in [2.75, 3.05) is 38.7 Å². The number of esters is 1. The lowest BCUT2D eigenvalue weighted by Crippen LogP contribution is -2.59. The molecule has 1 spiro atoms. The first-order chi connectivity index (χ1) is 27.9. The summed E-state index contributed by atoms with van der Waals surface area (Å²) in [7, 11) is 3.10. The average Bonchev–Trinajstić information content (AvgIpc) is 3.57. The Labute approximate surface area is 354 Å². The fourth-order valence-corrected chi connectivity index (χ4v) is 10.2. The van der Waals surface area contributed by atoms with Crippen LogP contribution < -0.4 is 21.3 Å². The first-order valence-corrected chi connectivity index (χ1v) is 21.6. The molecule has 0 bridgehead atoms. The predicted octanol–water partition coefficient (Wildman–Crippen LogP) is 2.90. The third kappa shape index (κ3) is 12.6. The van der Waals surface area contributed by atoms with Crippen LogP contribution in [0.15, 0.2) is 60.7 Å². The first kappa shape index (κ1) is 46.8. The molecule has 4 N–H and O–H groups in total. The molecule has 2 aromatic carbocycles. The van der Waals surface area contributed by atoms with E-state index < -0.39 is 93.5 Å². The second-order valence-corrected chi connectivity index (χ2v) is 19.1. The summed E-state index contributed by atoms with van der Waals surface area (Å²) < 4.78 is 4.89. The van der Waals surface area contributed by atoms with E-state index in [4.69, 9.17) is 4.74 Å². The topological polar surface area (TPSA) is 200 Å². The molecule has 4 rings (SSSR count). The number of carbonyl (C=O) groups is 8. The monoisotopic (exact) mass is 852 g/mol. The van der Waals surface area contributed by atoms with Gasteiger partial charge in [-0.05, 0) is 35.3 Å². The second-order valence-electron chi connectivity index (χ2n) is 15.9. The Balaban J connectivity index is 1.52.